The van der Waals surface area contributed by atoms with Gasteiger partial charge in [0.1, 0.15) is 5.75 Å². The minimum atomic E-state index is -0.897. The van der Waals surface area contributed by atoms with Crippen molar-refractivity contribution < 1.29 is 14.6 Å². The molecule has 1 amide bonds. The fourth-order valence-electron chi connectivity index (χ4n) is 3.32. The smallest absolute Gasteiger partial charge is 0.407 e. The molecule has 7 heteroatoms. The average Bonchev–Trinajstić information content (AvgIpc) is 2.82. The van der Waals surface area contributed by atoms with Gasteiger partial charge in [0, 0.05) is 25.2 Å². The van der Waals surface area contributed by atoms with Gasteiger partial charge in [-0.1, -0.05) is 0 Å². The number of piperidine rings is 1. The standard InChI is InChI=1S/C17H23N3O4/c1-10(2)24-15-9-13-14(8-11(15)3)20(16(21)18-13)12-4-6-19(7-5-12)17(22)23/h8-10,12H,4-7H2,1-3H3,(H,18,21)(H,22,23). The predicted molar refractivity (Wildman–Crippen MR) is 90.9 cm³/mol. The molecule has 24 heavy (non-hydrogen) atoms. The number of benzene rings is 1. The van der Waals surface area contributed by atoms with Crippen molar-refractivity contribution in [3.63, 3.8) is 0 Å². The highest BCUT2D eigenvalue weighted by atomic mass is 16.5. The topological polar surface area (TPSA) is 87.6 Å². The number of nitrogens with one attached hydrogen (secondary N) is 1. The first-order valence-electron chi connectivity index (χ1n) is 8.26. The average molecular weight is 333 g/mol. The number of ether oxygens (including phenoxy) is 1. The van der Waals surface area contributed by atoms with Crippen molar-refractivity contribution in [1.29, 1.82) is 0 Å². The van der Waals surface area contributed by atoms with Crippen molar-refractivity contribution in [2.45, 2.75) is 45.8 Å². The summed E-state index contributed by atoms with van der Waals surface area (Å²) < 4.78 is 7.55. The summed E-state index contributed by atoms with van der Waals surface area (Å²) in [7, 11) is 0. The Morgan fingerprint density at radius 3 is 2.58 bits per heavy atom. The Morgan fingerprint density at radius 2 is 2.00 bits per heavy atom. The number of carbonyl (C=O) groups is 1. The zero-order chi connectivity index (χ0) is 17.4. The van der Waals surface area contributed by atoms with E-state index >= 15 is 0 Å². The van der Waals surface area contributed by atoms with Crippen LogP contribution in [-0.2, 0) is 0 Å². The largest absolute Gasteiger partial charge is 0.491 e. The van der Waals surface area contributed by atoms with E-state index in [4.69, 9.17) is 9.84 Å². The lowest BCUT2D eigenvalue weighted by atomic mass is 10.0. The number of likely N-dealkylation sites (tertiary alicyclic amines) is 1. The Labute approximate surface area is 139 Å². The summed E-state index contributed by atoms with van der Waals surface area (Å²) in [6.45, 7) is 6.80. The molecule has 0 unspecified atom stereocenters. The highest BCUT2D eigenvalue weighted by Gasteiger charge is 2.26. The van der Waals surface area contributed by atoms with E-state index < -0.39 is 6.09 Å². The second-order valence-electron chi connectivity index (χ2n) is 6.60. The fourth-order valence-corrected chi connectivity index (χ4v) is 3.32. The number of aromatic nitrogens is 2. The van der Waals surface area contributed by atoms with Gasteiger partial charge >= 0.3 is 11.8 Å². The number of nitrogens with zero attached hydrogens (tertiary/aromatic N) is 2. The minimum absolute atomic E-state index is 0.0121. The van der Waals surface area contributed by atoms with Gasteiger partial charge in [-0.15, -0.1) is 0 Å². The van der Waals surface area contributed by atoms with Crippen molar-refractivity contribution in [1.82, 2.24) is 14.5 Å². The third-order valence-electron chi connectivity index (χ3n) is 4.48. The van der Waals surface area contributed by atoms with Gasteiger partial charge in [0.2, 0.25) is 0 Å². The Hall–Kier alpha value is -2.44. The van der Waals surface area contributed by atoms with Gasteiger partial charge < -0.3 is 19.7 Å². The fraction of sp³-hybridized carbons (Fsp3) is 0.529. The number of fused-ring (bicyclic) bond motifs is 1. The number of hydrogen-bond donors (Lipinski definition) is 2. The first kappa shape index (κ1) is 16.4. The molecule has 1 aromatic carbocycles. The van der Waals surface area contributed by atoms with E-state index in [-0.39, 0.29) is 17.8 Å². The van der Waals surface area contributed by atoms with E-state index in [1.54, 1.807) is 4.57 Å². The molecular weight excluding hydrogens is 310 g/mol. The summed E-state index contributed by atoms with van der Waals surface area (Å²) in [5.41, 5.74) is 2.43. The van der Waals surface area contributed by atoms with Crippen LogP contribution in [0, 0.1) is 6.92 Å². The van der Waals surface area contributed by atoms with E-state index in [1.165, 1.54) is 4.90 Å². The molecule has 1 aliphatic heterocycles. The number of aromatic amines is 1. The molecule has 3 rings (SSSR count). The van der Waals surface area contributed by atoms with Gasteiger partial charge in [-0.2, -0.15) is 0 Å². The molecule has 1 saturated heterocycles. The lowest BCUT2D eigenvalue weighted by Gasteiger charge is -2.30. The van der Waals surface area contributed by atoms with Crippen LogP contribution in [0.2, 0.25) is 0 Å². The molecule has 1 aliphatic rings. The monoisotopic (exact) mass is 333 g/mol. The number of aryl methyl sites for hydroxylation is 1. The molecule has 2 heterocycles. The minimum Gasteiger partial charge on any atom is -0.491 e. The van der Waals surface area contributed by atoms with E-state index in [9.17, 15) is 9.59 Å². The normalized spacial score (nSPS) is 16.1. The Bertz CT molecular complexity index is 813. The summed E-state index contributed by atoms with van der Waals surface area (Å²) >= 11 is 0. The molecule has 0 radical (unpaired) electrons. The Balaban J connectivity index is 1.95. The van der Waals surface area contributed by atoms with E-state index in [2.05, 4.69) is 4.98 Å². The molecule has 2 N–H and O–H groups in total. The number of imidazole rings is 1. The summed E-state index contributed by atoms with van der Waals surface area (Å²) in [6, 6.07) is 3.85. The molecule has 130 valence electrons. The van der Waals surface area contributed by atoms with E-state index in [0.717, 1.165) is 22.3 Å². The maximum Gasteiger partial charge on any atom is 0.407 e. The SMILES string of the molecule is Cc1cc2c(cc1OC(C)C)[nH]c(=O)n2C1CCN(C(=O)O)CC1. The highest BCUT2D eigenvalue weighted by Crippen LogP contribution is 2.29. The summed E-state index contributed by atoms with van der Waals surface area (Å²) in [6.07, 6.45) is 0.451. The second-order valence-corrected chi connectivity index (χ2v) is 6.60. The highest BCUT2D eigenvalue weighted by molar-refractivity contribution is 5.78. The molecule has 2 aromatic rings. The predicted octanol–water partition coefficient (Wildman–Crippen LogP) is 2.74. The number of carboxylic acid groups (broad SMARTS) is 1. The van der Waals surface area contributed by atoms with Gasteiger partial charge in [0.05, 0.1) is 17.1 Å². The first-order valence-corrected chi connectivity index (χ1v) is 8.26. The maximum absolute atomic E-state index is 12.4. The number of H-pyrrole nitrogens is 1. The molecule has 1 fully saturated rings. The van der Waals surface area contributed by atoms with Crippen molar-refractivity contribution in [2.24, 2.45) is 0 Å². The van der Waals surface area contributed by atoms with Crippen molar-refractivity contribution in [3.8, 4) is 5.75 Å². The molecule has 1 aromatic heterocycles. The summed E-state index contributed by atoms with van der Waals surface area (Å²) in [5.74, 6) is 0.770. The van der Waals surface area contributed by atoms with Crippen LogP contribution in [0.3, 0.4) is 0 Å². The molecule has 0 spiro atoms. The number of rotatable bonds is 3. The quantitative estimate of drug-likeness (QED) is 0.904. The van der Waals surface area contributed by atoms with Crippen LogP contribution in [0.5, 0.6) is 5.75 Å². The maximum atomic E-state index is 12.4. The Kier molecular flexibility index (Phi) is 4.26. The third-order valence-corrected chi connectivity index (χ3v) is 4.48. The molecular formula is C17H23N3O4. The van der Waals surface area contributed by atoms with Crippen LogP contribution in [0.15, 0.2) is 16.9 Å². The van der Waals surface area contributed by atoms with Gasteiger partial charge in [-0.3, -0.25) is 4.57 Å². The first-order chi connectivity index (χ1) is 11.4. The zero-order valence-corrected chi connectivity index (χ0v) is 14.2. The van der Waals surface area contributed by atoms with Crippen LogP contribution in [0.4, 0.5) is 4.79 Å². The molecule has 0 atom stereocenters. The van der Waals surface area contributed by atoms with Gasteiger partial charge in [-0.05, 0) is 45.2 Å². The van der Waals surface area contributed by atoms with Gasteiger partial charge in [-0.25, -0.2) is 9.59 Å². The number of amides is 1. The van der Waals surface area contributed by atoms with Crippen LogP contribution in [0.25, 0.3) is 11.0 Å². The molecule has 0 bridgehead atoms. The van der Waals surface area contributed by atoms with Crippen LogP contribution >= 0.6 is 0 Å². The third kappa shape index (κ3) is 2.98. The molecule has 7 nitrogen and oxygen atoms in total. The molecule has 0 aliphatic carbocycles. The van der Waals surface area contributed by atoms with Gasteiger partial charge in [0.25, 0.3) is 0 Å². The lowest BCUT2D eigenvalue weighted by molar-refractivity contribution is 0.125. The van der Waals surface area contributed by atoms with Crippen molar-refractivity contribution in [2.75, 3.05) is 13.1 Å². The van der Waals surface area contributed by atoms with Crippen molar-refractivity contribution in [3.05, 3.63) is 28.2 Å². The van der Waals surface area contributed by atoms with Gasteiger partial charge in [0.15, 0.2) is 0 Å². The van der Waals surface area contributed by atoms with Crippen LogP contribution in [0.1, 0.15) is 38.3 Å². The van der Waals surface area contributed by atoms with Crippen molar-refractivity contribution >= 4 is 17.1 Å². The van der Waals surface area contributed by atoms with E-state index in [0.29, 0.717) is 25.9 Å². The number of hydrogen-bond acceptors (Lipinski definition) is 3. The summed E-state index contributed by atoms with van der Waals surface area (Å²) in [5, 5.41) is 9.06. The Morgan fingerprint density at radius 1 is 1.33 bits per heavy atom. The molecule has 0 saturated carbocycles. The lowest BCUT2D eigenvalue weighted by Crippen LogP contribution is -2.39. The van der Waals surface area contributed by atoms with Crippen LogP contribution < -0.4 is 10.4 Å². The van der Waals surface area contributed by atoms with E-state index in [1.807, 2.05) is 32.9 Å². The summed E-state index contributed by atoms with van der Waals surface area (Å²) in [4.78, 5) is 27.8. The van der Waals surface area contributed by atoms with Crippen LogP contribution in [-0.4, -0.2) is 44.8 Å². The zero-order valence-electron chi connectivity index (χ0n) is 14.2. The second kappa shape index (κ2) is 6.22.